The van der Waals surface area contributed by atoms with Gasteiger partial charge in [-0.15, -0.1) is 24.8 Å². The second-order valence-corrected chi connectivity index (χ2v) is 3.56. The van der Waals surface area contributed by atoms with Crippen LogP contribution in [-0.4, -0.2) is 18.1 Å². The van der Waals surface area contributed by atoms with E-state index in [9.17, 15) is 0 Å². The van der Waals surface area contributed by atoms with Crippen LogP contribution in [0.25, 0.3) is 0 Å². The van der Waals surface area contributed by atoms with Crippen LogP contribution in [0.15, 0.2) is 0 Å². The molecule has 1 aliphatic rings. The number of hydrogen-bond acceptors (Lipinski definition) is 2. The van der Waals surface area contributed by atoms with Crippen molar-refractivity contribution in [2.24, 2.45) is 5.73 Å². The molecule has 0 saturated carbocycles. The molecular weight excluding hydrogens is 183 g/mol. The van der Waals surface area contributed by atoms with Crippen molar-refractivity contribution in [2.75, 3.05) is 6.54 Å². The fraction of sp³-hybridized carbons (Fsp3) is 1.00. The molecule has 70 valence electrons. The summed E-state index contributed by atoms with van der Waals surface area (Å²) < 4.78 is 0. The van der Waals surface area contributed by atoms with Gasteiger partial charge in [-0.2, -0.15) is 0 Å². The summed E-state index contributed by atoms with van der Waals surface area (Å²) in [6, 6.07) is 0.418. The van der Waals surface area contributed by atoms with Crippen molar-refractivity contribution < 1.29 is 0 Å². The molecule has 0 aliphatic carbocycles. The van der Waals surface area contributed by atoms with Gasteiger partial charge in [-0.3, -0.25) is 0 Å². The van der Waals surface area contributed by atoms with E-state index < -0.39 is 0 Å². The van der Waals surface area contributed by atoms with Gasteiger partial charge in [0.15, 0.2) is 0 Å². The number of hydrogen-bond donors (Lipinski definition) is 2. The van der Waals surface area contributed by atoms with Gasteiger partial charge in [0.05, 0.1) is 0 Å². The molecule has 0 radical (unpaired) electrons. The maximum atomic E-state index is 5.77. The van der Waals surface area contributed by atoms with Crippen LogP contribution in [0.2, 0.25) is 0 Å². The van der Waals surface area contributed by atoms with E-state index in [2.05, 4.69) is 19.2 Å². The van der Waals surface area contributed by atoms with Gasteiger partial charge in [0.2, 0.25) is 0 Å². The number of halogens is 2. The van der Waals surface area contributed by atoms with Gasteiger partial charge in [0.1, 0.15) is 0 Å². The highest BCUT2D eigenvalue weighted by molar-refractivity contribution is 5.85. The summed E-state index contributed by atoms with van der Waals surface area (Å²) in [4.78, 5) is 0. The van der Waals surface area contributed by atoms with E-state index in [1.54, 1.807) is 0 Å². The zero-order valence-corrected chi connectivity index (χ0v) is 8.73. The minimum atomic E-state index is 0. The quantitative estimate of drug-likeness (QED) is 0.620. The highest BCUT2D eigenvalue weighted by Crippen LogP contribution is 2.16. The molecule has 1 rings (SSSR count). The standard InChI is InChI=1S/C7H16N2.2ClH/c1-7(2)5-6(8)3-4-9-7;;/h6,9H,3-5,8H2,1-2H3;2*1H. The third kappa shape index (κ3) is 4.86. The molecule has 0 aromatic rings. The Kier molecular flexibility index (Phi) is 6.64. The summed E-state index contributed by atoms with van der Waals surface area (Å²) in [5.41, 5.74) is 6.05. The smallest absolute Gasteiger partial charge is 0.0139 e. The third-order valence-corrected chi connectivity index (χ3v) is 1.89. The Hall–Kier alpha value is 0.500. The number of nitrogens with one attached hydrogen (secondary N) is 1. The summed E-state index contributed by atoms with van der Waals surface area (Å²) in [6.07, 6.45) is 2.23. The Bertz CT molecular complexity index is 107. The highest BCUT2D eigenvalue weighted by atomic mass is 35.5. The molecule has 3 N–H and O–H groups in total. The van der Waals surface area contributed by atoms with Crippen LogP contribution in [-0.2, 0) is 0 Å². The zero-order chi connectivity index (χ0) is 6.91. The van der Waals surface area contributed by atoms with Crippen molar-refractivity contribution in [3.63, 3.8) is 0 Å². The lowest BCUT2D eigenvalue weighted by molar-refractivity contribution is 0.276. The lowest BCUT2D eigenvalue weighted by Gasteiger charge is -2.34. The summed E-state index contributed by atoms with van der Waals surface area (Å²) in [5, 5.41) is 3.41. The van der Waals surface area contributed by atoms with Crippen molar-refractivity contribution in [3.05, 3.63) is 0 Å². The zero-order valence-electron chi connectivity index (χ0n) is 7.09. The van der Waals surface area contributed by atoms with Gasteiger partial charge in [-0.05, 0) is 33.2 Å². The molecule has 1 heterocycles. The number of piperidine rings is 1. The first-order valence-electron chi connectivity index (χ1n) is 3.61. The van der Waals surface area contributed by atoms with Crippen LogP contribution in [0.3, 0.4) is 0 Å². The normalized spacial score (nSPS) is 28.1. The van der Waals surface area contributed by atoms with Crippen molar-refractivity contribution in [1.82, 2.24) is 5.32 Å². The summed E-state index contributed by atoms with van der Waals surface area (Å²) in [5.74, 6) is 0. The number of rotatable bonds is 0. The predicted octanol–water partition coefficient (Wildman–Crippen LogP) is 1.32. The fourth-order valence-electron chi connectivity index (χ4n) is 1.43. The van der Waals surface area contributed by atoms with E-state index in [4.69, 9.17) is 5.73 Å². The molecule has 11 heavy (non-hydrogen) atoms. The van der Waals surface area contributed by atoms with Crippen LogP contribution < -0.4 is 11.1 Å². The second kappa shape index (κ2) is 5.20. The molecule has 0 amide bonds. The van der Waals surface area contributed by atoms with Crippen LogP contribution in [0.5, 0.6) is 0 Å². The van der Waals surface area contributed by atoms with Gasteiger partial charge in [0.25, 0.3) is 0 Å². The van der Waals surface area contributed by atoms with Gasteiger partial charge in [0, 0.05) is 11.6 Å². The molecule has 0 aromatic carbocycles. The Morgan fingerprint density at radius 1 is 1.36 bits per heavy atom. The first-order valence-corrected chi connectivity index (χ1v) is 3.61. The van der Waals surface area contributed by atoms with E-state index in [-0.39, 0.29) is 30.4 Å². The molecule has 1 fully saturated rings. The predicted molar refractivity (Wildman–Crippen MR) is 53.8 cm³/mol. The SMILES string of the molecule is CC1(C)CC(N)CCN1.Cl.Cl. The molecule has 2 nitrogen and oxygen atoms in total. The molecule has 1 saturated heterocycles. The topological polar surface area (TPSA) is 38.0 Å². The summed E-state index contributed by atoms with van der Waals surface area (Å²) in [7, 11) is 0. The maximum Gasteiger partial charge on any atom is 0.0139 e. The Labute approximate surface area is 81.1 Å². The van der Waals surface area contributed by atoms with Gasteiger partial charge in [-0.25, -0.2) is 0 Å². The first kappa shape index (κ1) is 14.0. The maximum absolute atomic E-state index is 5.77. The lowest BCUT2D eigenvalue weighted by atomic mass is 9.90. The first-order chi connectivity index (χ1) is 4.10. The monoisotopic (exact) mass is 200 g/mol. The molecule has 0 spiro atoms. The van der Waals surface area contributed by atoms with Crippen molar-refractivity contribution in [3.8, 4) is 0 Å². The summed E-state index contributed by atoms with van der Waals surface area (Å²) >= 11 is 0. The molecule has 4 heteroatoms. The minimum absolute atomic E-state index is 0. The number of nitrogens with two attached hydrogens (primary N) is 1. The van der Waals surface area contributed by atoms with Crippen molar-refractivity contribution in [1.29, 1.82) is 0 Å². The Morgan fingerprint density at radius 2 is 1.91 bits per heavy atom. The molecule has 1 aliphatic heterocycles. The van der Waals surface area contributed by atoms with E-state index in [1.165, 1.54) is 0 Å². The van der Waals surface area contributed by atoms with E-state index in [0.29, 0.717) is 6.04 Å². The molecule has 0 aromatic heterocycles. The average molecular weight is 201 g/mol. The molecule has 1 unspecified atom stereocenters. The van der Waals surface area contributed by atoms with Crippen LogP contribution in [0, 0.1) is 0 Å². The lowest BCUT2D eigenvalue weighted by Crippen LogP contribution is -2.50. The second-order valence-electron chi connectivity index (χ2n) is 3.56. The van der Waals surface area contributed by atoms with E-state index in [1.807, 2.05) is 0 Å². The highest BCUT2D eigenvalue weighted by Gasteiger charge is 2.24. The van der Waals surface area contributed by atoms with Gasteiger partial charge in [-0.1, -0.05) is 0 Å². The van der Waals surface area contributed by atoms with Crippen molar-refractivity contribution in [2.45, 2.75) is 38.3 Å². The molecular formula is C7H18Cl2N2. The summed E-state index contributed by atoms with van der Waals surface area (Å²) in [6.45, 7) is 5.48. The van der Waals surface area contributed by atoms with Gasteiger partial charge < -0.3 is 11.1 Å². The third-order valence-electron chi connectivity index (χ3n) is 1.89. The van der Waals surface area contributed by atoms with Crippen molar-refractivity contribution >= 4 is 24.8 Å². The molecule has 1 atom stereocenters. The fourth-order valence-corrected chi connectivity index (χ4v) is 1.43. The molecule has 0 bridgehead atoms. The van der Waals surface area contributed by atoms with Crippen LogP contribution >= 0.6 is 24.8 Å². The largest absolute Gasteiger partial charge is 0.328 e. The van der Waals surface area contributed by atoms with E-state index in [0.717, 1.165) is 19.4 Å². The van der Waals surface area contributed by atoms with Crippen LogP contribution in [0.1, 0.15) is 26.7 Å². The van der Waals surface area contributed by atoms with Gasteiger partial charge >= 0.3 is 0 Å². The average Bonchev–Trinajstić information content (AvgIpc) is 1.60. The minimum Gasteiger partial charge on any atom is -0.328 e. The van der Waals surface area contributed by atoms with E-state index >= 15 is 0 Å². The Morgan fingerprint density at radius 3 is 2.18 bits per heavy atom. The van der Waals surface area contributed by atoms with Crippen LogP contribution in [0.4, 0.5) is 0 Å². The Balaban J connectivity index is 0.